The molecule has 2 aromatic carbocycles. The first-order chi connectivity index (χ1) is 19.6. The van der Waals surface area contributed by atoms with E-state index in [0.29, 0.717) is 42.2 Å². The summed E-state index contributed by atoms with van der Waals surface area (Å²) >= 11 is 0. The van der Waals surface area contributed by atoms with Crippen molar-refractivity contribution >= 4 is 18.0 Å². The number of nitriles is 1. The zero-order valence-corrected chi connectivity index (χ0v) is 21.5. The van der Waals surface area contributed by atoms with Gasteiger partial charge in [-0.15, -0.1) is 0 Å². The minimum Gasteiger partial charge on any atom is -0.486 e. The SMILES string of the molecule is N#Cc1ccc(C(CCN2CCC3(CC2)OC(=O)N2OC(=O)/C=C/C(=O)OC23)Oc2cccc(C(F)(F)F)c2)cc1. The monoisotopic (exact) mass is 571 g/mol. The topological polar surface area (TPSA) is 118 Å². The summed E-state index contributed by atoms with van der Waals surface area (Å²) < 4.78 is 56.7. The van der Waals surface area contributed by atoms with Crippen LogP contribution in [0.4, 0.5) is 18.0 Å². The van der Waals surface area contributed by atoms with Crippen molar-refractivity contribution < 1.29 is 46.6 Å². The zero-order valence-electron chi connectivity index (χ0n) is 21.5. The molecule has 2 saturated heterocycles. The minimum atomic E-state index is -4.52. The Morgan fingerprint density at radius 3 is 2.44 bits per heavy atom. The highest BCUT2D eigenvalue weighted by Crippen LogP contribution is 2.40. The molecule has 1 amide bonds. The number of hydroxylamine groups is 2. The maximum Gasteiger partial charge on any atom is 0.447 e. The second-order valence-electron chi connectivity index (χ2n) is 9.79. The van der Waals surface area contributed by atoms with E-state index in [1.807, 2.05) is 6.07 Å². The molecule has 0 saturated carbocycles. The number of amides is 1. The largest absolute Gasteiger partial charge is 0.486 e. The number of piperidine rings is 1. The van der Waals surface area contributed by atoms with Crippen molar-refractivity contribution in [3.05, 3.63) is 77.4 Å². The fourth-order valence-electron chi connectivity index (χ4n) is 5.01. The first kappa shape index (κ1) is 28.0. The van der Waals surface area contributed by atoms with Crippen LogP contribution in [0.5, 0.6) is 5.75 Å². The molecule has 13 heteroatoms. The number of carbonyl (C=O) groups is 3. The highest BCUT2D eigenvalue weighted by molar-refractivity contribution is 5.93. The summed E-state index contributed by atoms with van der Waals surface area (Å²) in [5.41, 5.74) is -0.919. The van der Waals surface area contributed by atoms with Gasteiger partial charge in [0.2, 0.25) is 0 Å². The molecule has 2 atom stereocenters. The van der Waals surface area contributed by atoms with Gasteiger partial charge in [-0.05, 0) is 35.9 Å². The summed E-state index contributed by atoms with van der Waals surface area (Å²) in [7, 11) is 0. The Kier molecular flexibility index (Phi) is 7.59. The molecule has 2 aromatic rings. The van der Waals surface area contributed by atoms with E-state index >= 15 is 0 Å². The maximum absolute atomic E-state index is 13.3. The van der Waals surface area contributed by atoms with Gasteiger partial charge in [-0.25, -0.2) is 14.4 Å². The van der Waals surface area contributed by atoms with Crippen LogP contribution in [0.2, 0.25) is 0 Å². The van der Waals surface area contributed by atoms with Gasteiger partial charge in [0.1, 0.15) is 11.9 Å². The van der Waals surface area contributed by atoms with Crippen LogP contribution in [0.15, 0.2) is 60.7 Å². The molecule has 3 aliphatic rings. The van der Waals surface area contributed by atoms with E-state index in [-0.39, 0.29) is 18.6 Å². The third-order valence-electron chi connectivity index (χ3n) is 7.17. The van der Waals surface area contributed by atoms with E-state index < -0.39 is 47.7 Å². The van der Waals surface area contributed by atoms with Crippen LogP contribution >= 0.6 is 0 Å². The zero-order chi connectivity index (χ0) is 29.2. The van der Waals surface area contributed by atoms with Gasteiger partial charge < -0.3 is 23.9 Å². The van der Waals surface area contributed by atoms with Crippen LogP contribution < -0.4 is 4.74 Å². The predicted octanol–water partition coefficient (Wildman–Crippen LogP) is 4.27. The van der Waals surface area contributed by atoms with E-state index in [0.717, 1.165) is 24.3 Å². The fourth-order valence-corrected chi connectivity index (χ4v) is 5.01. The molecule has 0 radical (unpaired) electrons. The van der Waals surface area contributed by atoms with Gasteiger partial charge in [-0.1, -0.05) is 23.3 Å². The van der Waals surface area contributed by atoms with Gasteiger partial charge in [-0.2, -0.15) is 18.4 Å². The Morgan fingerprint density at radius 1 is 1.05 bits per heavy atom. The fraction of sp³-hybridized carbons (Fsp3) is 0.357. The molecule has 0 aromatic heterocycles. The second kappa shape index (κ2) is 11.1. The standard InChI is InChI=1S/C28H24F3N3O7/c29-28(30,31)20-2-1-3-21(16-20)38-22(19-6-4-18(17-32)5-7-19)10-13-33-14-11-27(12-15-33)25-34(26(37)40-27)41-24(36)9-8-23(35)39-25/h1-9,16,22,25H,10-15H2/b9-8+. The third kappa shape index (κ3) is 6.12. The number of likely N-dealkylation sites (tertiary alicyclic amines) is 1. The molecule has 0 aliphatic carbocycles. The van der Waals surface area contributed by atoms with Crippen molar-refractivity contribution in [2.75, 3.05) is 19.6 Å². The summed E-state index contributed by atoms with van der Waals surface area (Å²) in [6.07, 6.45) is -4.63. The van der Waals surface area contributed by atoms with Gasteiger partial charge in [0, 0.05) is 51.0 Å². The number of halogens is 3. The van der Waals surface area contributed by atoms with Crippen LogP contribution in [0.3, 0.4) is 0 Å². The molecule has 0 bridgehead atoms. The Morgan fingerprint density at radius 2 is 1.76 bits per heavy atom. The Bertz CT molecular complexity index is 1400. The number of esters is 1. The molecular weight excluding hydrogens is 547 g/mol. The number of hydrogen-bond acceptors (Lipinski definition) is 9. The van der Waals surface area contributed by atoms with Crippen LogP contribution in [0.25, 0.3) is 0 Å². The molecular formula is C28H24F3N3O7. The molecule has 0 N–H and O–H groups in total. The first-order valence-electron chi connectivity index (χ1n) is 12.8. The highest BCUT2D eigenvalue weighted by atomic mass is 19.4. The maximum atomic E-state index is 13.3. The lowest BCUT2D eigenvalue weighted by Crippen LogP contribution is -2.54. The Balaban J connectivity index is 1.27. The first-order valence-corrected chi connectivity index (χ1v) is 12.8. The summed E-state index contributed by atoms with van der Waals surface area (Å²) in [6, 6.07) is 13.3. The summed E-state index contributed by atoms with van der Waals surface area (Å²) in [5, 5.41) is 9.77. The van der Waals surface area contributed by atoms with Gasteiger partial charge in [0.15, 0.2) is 5.60 Å². The quantitative estimate of drug-likeness (QED) is 0.469. The van der Waals surface area contributed by atoms with Crippen LogP contribution in [-0.4, -0.2) is 59.5 Å². The van der Waals surface area contributed by atoms with E-state index in [2.05, 4.69) is 4.90 Å². The van der Waals surface area contributed by atoms with E-state index in [4.69, 9.17) is 24.3 Å². The molecule has 2 fully saturated rings. The molecule has 3 heterocycles. The number of nitrogens with zero attached hydrogens (tertiary/aromatic N) is 3. The summed E-state index contributed by atoms with van der Waals surface area (Å²) in [6.45, 7) is 1.31. The summed E-state index contributed by atoms with van der Waals surface area (Å²) in [5.74, 6) is -1.67. The molecule has 2 unspecified atom stereocenters. The van der Waals surface area contributed by atoms with Crippen molar-refractivity contribution in [2.45, 2.75) is 43.4 Å². The average molecular weight is 572 g/mol. The second-order valence-corrected chi connectivity index (χ2v) is 9.79. The van der Waals surface area contributed by atoms with Crippen molar-refractivity contribution in [3.8, 4) is 11.8 Å². The smallest absolute Gasteiger partial charge is 0.447 e. The number of alkyl halides is 3. The van der Waals surface area contributed by atoms with Crippen LogP contribution in [0, 0.1) is 11.3 Å². The molecule has 214 valence electrons. The van der Waals surface area contributed by atoms with Crippen molar-refractivity contribution in [2.24, 2.45) is 0 Å². The Hall–Kier alpha value is -4.57. The van der Waals surface area contributed by atoms with Crippen molar-refractivity contribution in [3.63, 3.8) is 0 Å². The van der Waals surface area contributed by atoms with E-state index in [1.165, 1.54) is 12.1 Å². The van der Waals surface area contributed by atoms with Crippen LogP contribution in [0.1, 0.15) is 42.1 Å². The third-order valence-corrected chi connectivity index (χ3v) is 7.17. The van der Waals surface area contributed by atoms with Gasteiger partial charge in [0.25, 0.3) is 6.23 Å². The number of carbonyl (C=O) groups excluding carboxylic acids is 3. The predicted molar refractivity (Wildman–Crippen MR) is 132 cm³/mol. The lowest BCUT2D eigenvalue weighted by molar-refractivity contribution is -0.222. The number of rotatable bonds is 6. The van der Waals surface area contributed by atoms with Crippen LogP contribution in [-0.2, 0) is 30.1 Å². The molecule has 41 heavy (non-hydrogen) atoms. The number of ether oxygens (including phenoxy) is 3. The number of hydrogen-bond donors (Lipinski definition) is 0. The average Bonchev–Trinajstić information content (AvgIpc) is 3.18. The molecule has 3 aliphatic heterocycles. The normalized spacial score (nSPS) is 22.0. The molecule has 10 nitrogen and oxygen atoms in total. The minimum absolute atomic E-state index is 0.0550. The Labute approximate surface area is 232 Å². The lowest BCUT2D eigenvalue weighted by Gasteiger charge is -2.40. The molecule has 5 rings (SSSR count). The highest BCUT2D eigenvalue weighted by Gasteiger charge is 2.59. The molecule has 1 spiro atoms. The number of benzene rings is 2. The van der Waals surface area contributed by atoms with Gasteiger partial charge in [-0.3, -0.25) is 0 Å². The van der Waals surface area contributed by atoms with Gasteiger partial charge in [0.05, 0.1) is 17.2 Å². The summed E-state index contributed by atoms with van der Waals surface area (Å²) in [4.78, 5) is 43.4. The van der Waals surface area contributed by atoms with Crippen molar-refractivity contribution in [1.82, 2.24) is 9.96 Å². The van der Waals surface area contributed by atoms with E-state index in [1.54, 1.807) is 24.3 Å². The van der Waals surface area contributed by atoms with Gasteiger partial charge >= 0.3 is 24.2 Å². The number of fused-ring (bicyclic) bond motifs is 2. The lowest BCUT2D eigenvalue weighted by atomic mass is 9.89. The van der Waals surface area contributed by atoms with E-state index in [9.17, 15) is 27.6 Å². The van der Waals surface area contributed by atoms with Crippen molar-refractivity contribution in [1.29, 1.82) is 5.26 Å².